The number of benzene rings is 2. The highest BCUT2D eigenvalue weighted by molar-refractivity contribution is 5.90. The van der Waals surface area contributed by atoms with E-state index in [0.29, 0.717) is 0 Å². The van der Waals surface area contributed by atoms with Gasteiger partial charge < -0.3 is 15.1 Å². The molecule has 1 aliphatic heterocycles. The molecule has 0 atom stereocenters. The SMILES string of the molecule is Cc1ccc(N2CCN(C(=O)Nc3ccc(C)cc3C)CC2)cc1. The second-order valence-corrected chi connectivity index (χ2v) is 6.56. The van der Waals surface area contributed by atoms with Crippen LogP contribution in [0.15, 0.2) is 42.5 Å². The Morgan fingerprint density at radius 2 is 1.50 bits per heavy atom. The van der Waals surface area contributed by atoms with Gasteiger partial charge in [0.1, 0.15) is 0 Å². The fourth-order valence-electron chi connectivity index (χ4n) is 3.07. The molecule has 0 unspecified atom stereocenters. The summed E-state index contributed by atoms with van der Waals surface area (Å²) in [4.78, 5) is 16.7. The zero-order chi connectivity index (χ0) is 17.1. The maximum atomic E-state index is 12.5. The molecule has 126 valence electrons. The molecule has 1 fully saturated rings. The van der Waals surface area contributed by atoms with Crippen molar-refractivity contribution in [1.29, 1.82) is 0 Å². The summed E-state index contributed by atoms with van der Waals surface area (Å²) >= 11 is 0. The van der Waals surface area contributed by atoms with Crippen molar-refractivity contribution in [3.05, 3.63) is 59.2 Å². The van der Waals surface area contributed by atoms with Crippen LogP contribution in [0.5, 0.6) is 0 Å². The van der Waals surface area contributed by atoms with Crippen LogP contribution in [0.4, 0.5) is 16.2 Å². The first-order valence-electron chi connectivity index (χ1n) is 8.48. The maximum absolute atomic E-state index is 12.5. The summed E-state index contributed by atoms with van der Waals surface area (Å²) in [6, 6.07) is 14.7. The van der Waals surface area contributed by atoms with Gasteiger partial charge in [0.2, 0.25) is 0 Å². The number of hydrogen-bond donors (Lipinski definition) is 1. The number of piperazine rings is 1. The second kappa shape index (κ2) is 6.95. The average Bonchev–Trinajstić information content (AvgIpc) is 2.58. The van der Waals surface area contributed by atoms with E-state index in [1.807, 2.05) is 24.0 Å². The van der Waals surface area contributed by atoms with E-state index in [4.69, 9.17) is 0 Å². The summed E-state index contributed by atoms with van der Waals surface area (Å²) in [5.41, 5.74) is 5.70. The first-order chi connectivity index (χ1) is 11.5. The van der Waals surface area contributed by atoms with Crippen molar-refractivity contribution in [3.8, 4) is 0 Å². The molecule has 3 rings (SSSR count). The average molecular weight is 323 g/mol. The fraction of sp³-hybridized carbons (Fsp3) is 0.350. The van der Waals surface area contributed by atoms with E-state index in [-0.39, 0.29) is 6.03 Å². The van der Waals surface area contributed by atoms with Crippen LogP contribution in [0.2, 0.25) is 0 Å². The molecule has 0 saturated carbocycles. The number of carbonyl (C=O) groups is 1. The summed E-state index contributed by atoms with van der Waals surface area (Å²) in [5, 5.41) is 3.04. The van der Waals surface area contributed by atoms with Crippen molar-refractivity contribution in [1.82, 2.24) is 4.90 Å². The van der Waals surface area contributed by atoms with Crippen molar-refractivity contribution in [2.75, 3.05) is 36.4 Å². The zero-order valence-corrected chi connectivity index (χ0v) is 14.7. The van der Waals surface area contributed by atoms with Crippen LogP contribution < -0.4 is 10.2 Å². The van der Waals surface area contributed by atoms with Crippen molar-refractivity contribution >= 4 is 17.4 Å². The lowest BCUT2D eigenvalue weighted by Crippen LogP contribution is -2.50. The van der Waals surface area contributed by atoms with Crippen molar-refractivity contribution in [2.45, 2.75) is 20.8 Å². The lowest BCUT2D eigenvalue weighted by molar-refractivity contribution is 0.208. The largest absolute Gasteiger partial charge is 0.368 e. The van der Waals surface area contributed by atoms with Crippen LogP contribution >= 0.6 is 0 Å². The van der Waals surface area contributed by atoms with E-state index < -0.39 is 0 Å². The Morgan fingerprint density at radius 3 is 2.12 bits per heavy atom. The van der Waals surface area contributed by atoms with Crippen LogP contribution in [0.1, 0.15) is 16.7 Å². The van der Waals surface area contributed by atoms with Gasteiger partial charge in [-0.2, -0.15) is 0 Å². The van der Waals surface area contributed by atoms with E-state index in [0.717, 1.165) is 37.4 Å². The smallest absolute Gasteiger partial charge is 0.321 e. The Hall–Kier alpha value is -2.49. The van der Waals surface area contributed by atoms with Gasteiger partial charge in [-0.3, -0.25) is 0 Å². The van der Waals surface area contributed by atoms with Crippen LogP contribution in [0.3, 0.4) is 0 Å². The number of nitrogens with zero attached hydrogens (tertiary/aromatic N) is 2. The third kappa shape index (κ3) is 3.70. The van der Waals surface area contributed by atoms with Crippen molar-refractivity contribution < 1.29 is 4.79 Å². The number of anilines is 2. The molecule has 2 aromatic rings. The zero-order valence-electron chi connectivity index (χ0n) is 14.7. The fourth-order valence-corrected chi connectivity index (χ4v) is 3.07. The van der Waals surface area contributed by atoms with Gasteiger partial charge in [-0.15, -0.1) is 0 Å². The predicted molar refractivity (Wildman–Crippen MR) is 99.9 cm³/mol. The molecule has 0 aliphatic carbocycles. The lowest BCUT2D eigenvalue weighted by Gasteiger charge is -2.36. The van der Waals surface area contributed by atoms with Crippen LogP contribution in [-0.4, -0.2) is 37.1 Å². The van der Waals surface area contributed by atoms with Crippen LogP contribution in [0, 0.1) is 20.8 Å². The molecule has 1 heterocycles. The van der Waals surface area contributed by atoms with E-state index in [9.17, 15) is 4.79 Å². The molecule has 1 saturated heterocycles. The molecule has 2 amide bonds. The first kappa shape index (κ1) is 16.4. The Balaban J connectivity index is 1.58. The number of carbonyl (C=O) groups excluding carboxylic acids is 1. The number of hydrogen-bond acceptors (Lipinski definition) is 2. The third-order valence-electron chi connectivity index (χ3n) is 4.59. The molecular formula is C20H25N3O. The van der Waals surface area contributed by atoms with Gasteiger partial charge in [-0.1, -0.05) is 35.4 Å². The summed E-state index contributed by atoms with van der Waals surface area (Å²) in [6.07, 6.45) is 0. The predicted octanol–water partition coefficient (Wildman–Crippen LogP) is 3.97. The van der Waals surface area contributed by atoms with E-state index >= 15 is 0 Å². The van der Waals surface area contributed by atoms with Gasteiger partial charge >= 0.3 is 6.03 Å². The molecule has 24 heavy (non-hydrogen) atoms. The number of aryl methyl sites for hydroxylation is 3. The molecule has 0 bridgehead atoms. The monoisotopic (exact) mass is 323 g/mol. The molecule has 0 radical (unpaired) electrons. The maximum Gasteiger partial charge on any atom is 0.321 e. The first-order valence-corrected chi connectivity index (χ1v) is 8.48. The van der Waals surface area contributed by atoms with Gasteiger partial charge in [-0.05, 0) is 44.5 Å². The van der Waals surface area contributed by atoms with Crippen LogP contribution in [-0.2, 0) is 0 Å². The van der Waals surface area contributed by atoms with E-state index in [1.54, 1.807) is 0 Å². The Morgan fingerprint density at radius 1 is 0.875 bits per heavy atom. The summed E-state index contributed by atoms with van der Waals surface area (Å²) in [7, 11) is 0. The molecule has 4 nitrogen and oxygen atoms in total. The van der Waals surface area contributed by atoms with Crippen LogP contribution in [0.25, 0.3) is 0 Å². The highest BCUT2D eigenvalue weighted by atomic mass is 16.2. The summed E-state index contributed by atoms with van der Waals surface area (Å²) in [6.45, 7) is 9.39. The highest BCUT2D eigenvalue weighted by Gasteiger charge is 2.21. The van der Waals surface area contributed by atoms with Gasteiger partial charge in [0, 0.05) is 37.6 Å². The van der Waals surface area contributed by atoms with Crippen molar-refractivity contribution in [2.24, 2.45) is 0 Å². The van der Waals surface area contributed by atoms with E-state index in [2.05, 4.69) is 54.4 Å². The van der Waals surface area contributed by atoms with E-state index in [1.165, 1.54) is 16.8 Å². The normalized spacial score (nSPS) is 14.6. The number of urea groups is 1. The minimum absolute atomic E-state index is 0.00879. The lowest BCUT2D eigenvalue weighted by atomic mass is 10.1. The molecule has 0 aromatic heterocycles. The van der Waals surface area contributed by atoms with Gasteiger partial charge in [0.25, 0.3) is 0 Å². The van der Waals surface area contributed by atoms with Crippen molar-refractivity contribution in [3.63, 3.8) is 0 Å². The number of amides is 2. The molecular weight excluding hydrogens is 298 g/mol. The highest BCUT2D eigenvalue weighted by Crippen LogP contribution is 2.19. The summed E-state index contributed by atoms with van der Waals surface area (Å²) in [5.74, 6) is 0. The molecule has 1 aliphatic rings. The van der Waals surface area contributed by atoms with Gasteiger partial charge in [0.05, 0.1) is 0 Å². The topological polar surface area (TPSA) is 35.6 Å². The minimum Gasteiger partial charge on any atom is -0.368 e. The summed E-state index contributed by atoms with van der Waals surface area (Å²) < 4.78 is 0. The quantitative estimate of drug-likeness (QED) is 0.908. The molecule has 1 N–H and O–H groups in total. The third-order valence-corrected chi connectivity index (χ3v) is 4.59. The number of nitrogens with one attached hydrogen (secondary N) is 1. The standard InChI is InChI=1S/C20H25N3O/c1-15-4-7-18(8-5-15)22-10-12-23(13-11-22)20(24)21-19-9-6-16(2)14-17(19)3/h4-9,14H,10-13H2,1-3H3,(H,21,24). The van der Waals surface area contributed by atoms with Gasteiger partial charge in [-0.25, -0.2) is 4.79 Å². The Bertz CT molecular complexity index is 716. The second-order valence-electron chi connectivity index (χ2n) is 6.56. The Labute approximate surface area is 144 Å². The number of rotatable bonds is 2. The molecule has 2 aromatic carbocycles. The minimum atomic E-state index is -0.00879. The molecule has 0 spiro atoms. The molecule has 4 heteroatoms. The van der Waals surface area contributed by atoms with Gasteiger partial charge in [0.15, 0.2) is 0 Å². The Kier molecular flexibility index (Phi) is 4.74.